The zero-order valence-corrected chi connectivity index (χ0v) is 16.1. The normalized spacial score (nSPS) is 17.3. The van der Waals surface area contributed by atoms with Gasteiger partial charge in [0.15, 0.2) is 0 Å². The lowest BCUT2D eigenvalue weighted by Gasteiger charge is -2.25. The van der Waals surface area contributed by atoms with Crippen LogP contribution in [0.5, 0.6) is 0 Å². The van der Waals surface area contributed by atoms with Crippen molar-refractivity contribution >= 4 is 17.8 Å². The number of rotatable bonds is 7. The van der Waals surface area contributed by atoms with E-state index in [0.717, 1.165) is 5.56 Å². The number of nitrogens with one attached hydrogen (secondary N) is 1. The molecule has 0 radical (unpaired) electrons. The van der Waals surface area contributed by atoms with Crippen LogP contribution >= 0.6 is 0 Å². The molecule has 9 nitrogen and oxygen atoms in total. The van der Waals surface area contributed by atoms with E-state index in [2.05, 4.69) is 10.2 Å². The number of nitrogens with zero attached hydrogens (tertiary/aromatic N) is 3. The van der Waals surface area contributed by atoms with Crippen LogP contribution in [-0.4, -0.2) is 102 Å². The van der Waals surface area contributed by atoms with Gasteiger partial charge in [-0.05, 0) is 17.7 Å². The topological polar surface area (TPSA) is 113 Å². The summed E-state index contributed by atoms with van der Waals surface area (Å²) >= 11 is 0. The zero-order valence-electron chi connectivity index (χ0n) is 16.1. The molecule has 3 N–H and O–H groups in total. The monoisotopic (exact) mass is 392 g/mol. The van der Waals surface area contributed by atoms with Crippen molar-refractivity contribution in [3.8, 4) is 0 Å². The maximum atomic E-state index is 11.7. The number of carbonyl (C=O) groups is 3. The Kier molecular flexibility index (Phi) is 8.37. The standard InChI is InChI=1S/C19H28N4O5/c1-20-19(28)16-4-2-15(3-5-16)12-21-6-8-22(13-17(24)25)10-11-23(9-7-21)14-18(26)27/h2-5H,6-14H2,1H3,(H,20,28)(H,24,25)(H,26,27). The molecule has 2 rings (SSSR count). The highest BCUT2D eigenvalue weighted by Crippen LogP contribution is 2.09. The van der Waals surface area contributed by atoms with Gasteiger partial charge >= 0.3 is 11.9 Å². The maximum absolute atomic E-state index is 11.7. The Labute approximate surface area is 164 Å². The largest absolute Gasteiger partial charge is 0.480 e. The summed E-state index contributed by atoms with van der Waals surface area (Å²) in [6.45, 7) is 4.15. The fraction of sp³-hybridized carbons (Fsp3) is 0.526. The van der Waals surface area contributed by atoms with Crippen LogP contribution in [0.2, 0.25) is 0 Å². The lowest BCUT2D eigenvalue weighted by atomic mass is 10.1. The molecule has 154 valence electrons. The third-order valence-electron chi connectivity index (χ3n) is 4.76. The molecule has 0 unspecified atom stereocenters. The predicted molar refractivity (Wildman–Crippen MR) is 103 cm³/mol. The van der Waals surface area contributed by atoms with Crippen molar-refractivity contribution in [1.82, 2.24) is 20.0 Å². The van der Waals surface area contributed by atoms with E-state index in [0.29, 0.717) is 51.4 Å². The van der Waals surface area contributed by atoms with E-state index in [9.17, 15) is 14.4 Å². The molecule has 0 saturated carbocycles. The van der Waals surface area contributed by atoms with Crippen molar-refractivity contribution in [3.63, 3.8) is 0 Å². The summed E-state index contributed by atoms with van der Waals surface area (Å²) in [6, 6.07) is 7.36. The molecule has 0 spiro atoms. The highest BCUT2D eigenvalue weighted by atomic mass is 16.4. The molecular formula is C19H28N4O5. The van der Waals surface area contributed by atoms with Crippen LogP contribution in [0.15, 0.2) is 24.3 Å². The van der Waals surface area contributed by atoms with Gasteiger partial charge < -0.3 is 15.5 Å². The lowest BCUT2D eigenvalue weighted by Crippen LogP contribution is -2.40. The summed E-state index contributed by atoms with van der Waals surface area (Å²) in [4.78, 5) is 39.7. The second kappa shape index (κ2) is 10.7. The molecule has 9 heteroatoms. The molecule has 1 aromatic rings. The van der Waals surface area contributed by atoms with E-state index in [1.54, 1.807) is 19.2 Å². The number of hydrogen-bond donors (Lipinski definition) is 3. The summed E-state index contributed by atoms with van der Waals surface area (Å²) in [5, 5.41) is 20.8. The number of carbonyl (C=O) groups excluding carboxylic acids is 1. The Hall–Kier alpha value is -2.49. The van der Waals surface area contributed by atoms with Crippen LogP contribution in [0.1, 0.15) is 15.9 Å². The fourth-order valence-electron chi connectivity index (χ4n) is 3.20. The van der Waals surface area contributed by atoms with Crippen molar-refractivity contribution in [2.24, 2.45) is 0 Å². The third kappa shape index (κ3) is 7.26. The first-order valence-corrected chi connectivity index (χ1v) is 9.29. The van der Waals surface area contributed by atoms with Crippen molar-refractivity contribution in [1.29, 1.82) is 0 Å². The molecule has 1 aromatic carbocycles. The van der Waals surface area contributed by atoms with Crippen LogP contribution < -0.4 is 5.32 Å². The van der Waals surface area contributed by atoms with E-state index in [-0.39, 0.29) is 19.0 Å². The van der Waals surface area contributed by atoms with Gasteiger partial charge in [0, 0.05) is 58.4 Å². The van der Waals surface area contributed by atoms with Gasteiger partial charge in [-0.15, -0.1) is 0 Å². The number of carboxylic acids is 2. The first-order valence-electron chi connectivity index (χ1n) is 9.29. The third-order valence-corrected chi connectivity index (χ3v) is 4.76. The molecule has 0 aliphatic carbocycles. The van der Waals surface area contributed by atoms with E-state index in [1.807, 2.05) is 21.9 Å². The number of amides is 1. The number of aliphatic carboxylic acids is 2. The average molecular weight is 392 g/mol. The minimum absolute atomic E-state index is 0.0599. The van der Waals surface area contributed by atoms with Crippen molar-refractivity contribution in [2.75, 3.05) is 59.4 Å². The highest BCUT2D eigenvalue weighted by Gasteiger charge is 2.19. The Morgan fingerprint density at radius 2 is 1.25 bits per heavy atom. The van der Waals surface area contributed by atoms with E-state index in [1.165, 1.54) is 0 Å². The Bertz CT molecular complexity index is 651. The van der Waals surface area contributed by atoms with Crippen LogP contribution in [0.3, 0.4) is 0 Å². The van der Waals surface area contributed by atoms with Gasteiger partial charge in [-0.3, -0.25) is 29.1 Å². The van der Waals surface area contributed by atoms with Gasteiger partial charge in [-0.25, -0.2) is 0 Å². The molecule has 0 aromatic heterocycles. The molecule has 1 aliphatic heterocycles. The number of carboxylic acid groups (broad SMARTS) is 2. The van der Waals surface area contributed by atoms with Crippen LogP contribution in [0.4, 0.5) is 0 Å². The first-order chi connectivity index (χ1) is 13.4. The van der Waals surface area contributed by atoms with E-state index in [4.69, 9.17) is 10.2 Å². The summed E-state index contributed by atoms with van der Waals surface area (Å²) < 4.78 is 0. The summed E-state index contributed by atoms with van der Waals surface area (Å²) in [7, 11) is 1.59. The Balaban J connectivity index is 2.05. The summed E-state index contributed by atoms with van der Waals surface area (Å²) in [5.41, 5.74) is 1.64. The lowest BCUT2D eigenvalue weighted by molar-refractivity contribution is -0.140. The average Bonchev–Trinajstić information content (AvgIpc) is 2.73. The SMILES string of the molecule is CNC(=O)c1ccc(CN2CCN(CC(=O)O)CCN(CC(=O)O)CC2)cc1. The first kappa shape index (κ1) is 21.8. The van der Waals surface area contributed by atoms with Gasteiger partial charge in [0.1, 0.15) is 0 Å². The summed E-state index contributed by atoms with van der Waals surface area (Å²) in [5.74, 6) is -1.91. The molecular weight excluding hydrogens is 364 g/mol. The molecule has 0 bridgehead atoms. The molecule has 1 fully saturated rings. The van der Waals surface area contributed by atoms with Crippen molar-refractivity contribution in [2.45, 2.75) is 6.54 Å². The number of hydrogen-bond acceptors (Lipinski definition) is 6. The molecule has 1 amide bonds. The fourth-order valence-corrected chi connectivity index (χ4v) is 3.20. The van der Waals surface area contributed by atoms with Crippen molar-refractivity contribution in [3.05, 3.63) is 35.4 Å². The minimum atomic E-state index is -0.889. The van der Waals surface area contributed by atoms with Gasteiger partial charge in [0.25, 0.3) is 5.91 Å². The molecule has 28 heavy (non-hydrogen) atoms. The second-order valence-electron chi connectivity index (χ2n) is 6.89. The molecule has 1 heterocycles. The van der Waals surface area contributed by atoms with Gasteiger partial charge in [0.2, 0.25) is 0 Å². The van der Waals surface area contributed by atoms with Crippen LogP contribution in [-0.2, 0) is 16.1 Å². The Morgan fingerprint density at radius 3 is 1.64 bits per heavy atom. The van der Waals surface area contributed by atoms with E-state index < -0.39 is 11.9 Å². The molecule has 0 atom stereocenters. The van der Waals surface area contributed by atoms with Gasteiger partial charge in [0.05, 0.1) is 13.1 Å². The van der Waals surface area contributed by atoms with Gasteiger partial charge in [-0.1, -0.05) is 12.1 Å². The molecule has 1 saturated heterocycles. The van der Waals surface area contributed by atoms with Gasteiger partial charge in [-0.2, -0.15) is 0 Å². The second-order valence-corrected chi connectivity index (χ2v) is 6.89. The summed E-state index contributed by atoms with van der Waals surface area (Å²) in [6.07, 6.45) is 0. The maximum Gasteiger partial charge on any atom is 0.317 e. The Morgan fingerprint density at radius 1 is 0.821 bits per heavy atom. The van der Waals surface area contributed by atoms with E-state index >= 15 is 0 Å². The minimum Gasteiger partial charge on any atom is -0.480 e. The highest BCUT2D eigenvalue weighted by molar-refractivity contribution is 5.93. The number of benzene rings is 1. The van der Waals surface area contributed by atoms with Crippen LogP contribution in [0.25, 0.3) is 0 Å². The van der Waals surface area contributed by atoms with Crippen LogP contribution in [0, 0.1) is 0 Å². The van der Waals surface area contributed by atoms with Crippen molar-refractivity contribution < 1.29 is 24.6 Å². The zero-order chi connectivity index (χ0) is 20.5. The quantitative estimate of drug-likeness (QED) is 0.576. The molecule has 1 aliphatic rings. The smallest absolute Gasteiger partial charge is 0.317 e. The predicted octanol–water partition coefficient (Wildman–Crippen LogP) is -0.365.